The summed E-state index contributed by atoms with van der Waals surface area (Å²) in [7, 11) is 0. The number of hydrogen-bond donors (Lipinski definition) is 2. The molecule has 2 aliphatic heterocycles. The highest BCUT2D eigenvalue weighted by atomic mass is 35.5. The molecule has 3 fully saturated rings. The van der Waals surface area contributed by atoms with E-state index in [0.717, 1.165) is 26.0 Å². The van der Waals surface area contributed by atoms with Crippen molar-refractivity contribution in [2.45, 2.75) is 57.7 Å². The molecule has 110 valence electrons. The number of carbonyl (C=O) groups is 1. The third-order valence-corrected chi connectivity index (χ3v) is 5.01. The first-order valence-corrected chi connectivity index (χ1v) is 7.23. The predicted molar refractivity (Wildman–Crippen MR) is 76.4 cm³/mol. The molecule has 2 saturated heterocycles. The number of rotatable bonds is 3. The third kappa shape index (κ3) is 2.63. The summed E-state index contributed by atoms with van der Waals surface area (Å²) in [5.74, 6) is 0.748. The summed E-state index contributed by atoms with van der Waals surface area (Å²) in [6.07, 6.45) is 4.42. The summed E-state index contributed by atoms with van der Waals surface area (Å²) in [4.78, 5) is 12.1. The third-order valence-electron chi connectivity index (χ3n) is 5.01. The largest absolute Gasteiger partial charge is 0.377 e. The van der Waals surface area contributed by atoms with Crippen molar-refractivity contribution >= 4 is 18.3 Å². The molecular formula is C14H25ClN2O2. The van der Waals surface area contributed by atoms with Crippen LogP contribution in [0, 0.1) is 11.3 Å². The minimum atomic E-state index is 0. The van der Waals surface area contributed by atoms with Crippen LogP contribution in [0.3, 0.4) is 0 Å². The van der Waals surface area contributed by atoms with Crippen LogP contribution in [-0.2, 0) is 9.53 Å². The number of amides is 1. The van der Waals surface area contributed by atoms with E-state index in [9.17, 15) is 4.79 Å². The summed E-state index contributed by atoms with van der Waals surface area (Å²) in [6.45, 7) is 6.33. The maximum atomic E-state index is 12.1. The Kier molecular flexibility index (Phi) is 4.43. The Balaban J connectivity index is 0.00000133. The SMILES string of the molecule is CC1(C)C(NC(=O)CC2CCCN2)C2CCOC21.Cl. The summed E-state index contributed by atoms with van der Waals surface area (Å²) in [6, 6.07) is 0.697. The average Bonchev–Trinajstić information content (AvgIpc) is 2.95. The maximum Gasteiger partial charge on any atom is 0.221 e. The van der Waals surface area contributed by atoms with E-state index < -0.39 is 0 Å². The van der Waals surface area contributed by atoms with Crippen LogP contribution in [0.5, 0.6) is 0 Å². The van der Waals surface area contributed by atoms with Crippen LogP contribution >= 0.6 is 12.4 Å². The number of halogens is 1. The zero-order chi connectivity index (χ0) is 12.8. The van der Waals surface area contributed by atoms with Gasteiger partial charge in [0.25, 0.3) is 0 Å². The molecule has 2 heterocycles. The Labute approximate surface area is 121 Å². The molecule has 0 spiro atoms. The van der Waals surface area contributed by atoms with Gasteiger partial charge in [-0.3, -0.25) is 4.79 Å². The van der Waals surface area contributed by atoms with E-state index in [1.165, 1.54) is 6.42 Å². The van der Waals surface area contributed by atoms with Crippen molar-refractivity contribution in [3.05, 3.63) is 0 Å². The van der Waals surface area contributed by atoms with Crippen LogP contribution in [0.25, 0.3) is 0 Å². The van der Waals surface area contributed by atoms with Gasteiger partial charge in [-0.25, -0.2) is 0 Å². The first-order chi connectivity index (χ1) is 8.59. The lowest BCUT2D eigenvalue weighted by atomic mass is 9.57. The van der Waals surface area contributed by atoms with Crippen LogP contribution in [0.4, 0.5) is 0 Å². The minimum absolute atomic E-state index is 0. The standard InChI is InChI=1S/C14H24N2O2.ClH/c1-14(2)12(10-5-7-18-13(10)14)16-11(17)8-9-4-3-6-15-9;/h9-10,12-13,15H,3-8H2,1-2H3,(H,16,17);1H. The van der Waals surface area contributed by atoms with Crippen LogP contribution in [0.2, 0.25) is 0 Å². The van der Waals surface area contributed by atoms with Gasteiger partial charge in [-0.1, -0.05) is 13.8 Å². The molecule has 0 aromatic rings. The highest BCUT2D eigenvalue weighted by Crippen LogP contribution is 2.52. The second-order valence-corrected chi connectivity index (χ2v) is 6.61. The van der Waals surface area contributed by atoms with Crippen molar-refractivity contribution < 1.29 is 9.53 Å². The smallest absolute Gasteiger partial charge is 0.221 e. The second-order valence-electron chi connectivity index (χ2n) is 6.61. The molecule has 1 saturated carbocycles. The Morgan fingerprint density at radius 3 is 2.89 bits per heavy atom. The van der Waals surface area contributed by atoms with Gasteiger partial charge in [0.05, 0.1) is 6.10 Å². The summed E-state index contributed by atoms with van der Waals surface area (Å²) in [5, 5.41) is 6.62. The average molecular weight is 289 g/mol. The van der Waals surface area contributed by atoms with Crippen LogP contribution < -0.4 is 10.6 Å². The van der Waals surface area contributed by atoms with Crippen LogP contribution in [0.15, 0.2) is 0 Å². The molecule has 0 bridgehead atoms. The topological polar surface area (TPSA) is 50.4 Å². The van der Waals surface area contributed by atoms with Gasteiger partial charge in [0.1, 0.15) is 0 Å². The lowest BCUT2D eigenvalue weighted by Gasteiger charge is -2.54. The molecule has 0 radical (unpaired) electrons. The van der Waals surface area contributed by atoms with Crippen molar-refractivity contribution in [3.8, 4) is 0 Å². The van der Waals surface area contributed by atoms with E-state index in [0.29, 0.717) is 30.5 Å². The van der Waals surface area contributed by atoms with Gasteiger partial charge in [0, 0.05) is 36.4 Å². The van der Waals surface area contributed by atoms with Gasteiger partial charge in [-0.05, 0) is 25.8 Å². The second kappa shape index (κ2) is 5.58. The first-order valence-electron chi connectivity index (χ1n) is 7.23. The molecule has 0 aromatic heterocycles. The van der Waals surface area contributed by atoms with Gasteiger partial charge in [0.15, 0.2) is 0 Å². The summed E-state index contributed by atoms with van der Waals surface area (Å²) in [5.41, 5.74) is 0.0972. The van der Waals surface area contributed by atoms with Gasteiger partial charge in [0.2, 0.25) is 5.91 Å². The van der Waals surface area contributed by atoms with Gasteiger partial charge < -0.3 is 15.4 Å². The summed E-state index contributed by atoms with van der Waals surface area (Å²) >= 11 is 0. The Hall–Kier alpha value is -0.320. The Morgan fingerprint density at radius 1 is 1.42 bits per heavy atom. The van der Waals surface area contributed by atoms with Crippen molar-refractivity contribution in [2.24, 2.45) is 11.3 Å². The number of hydrogen-bond acceptors (Lipinski definition) is 3. The van der Waals surface area contributed by atoms with Crippen LogP contribution in [-0.4, -0.2) is 37.2 Å². The molecule has 2 N–H and O–H groups in total. The fourth-order valence-electron chi connectivity index (χ4n) is 4.00. The van der Waals surface area contributed by atoms with Crippen molar-refractivity contribution in [1.82, 2.24) is 10.6 Å². The highest BCUT2D eigenvalue weighted by Gasteiger charge is 2.59. The number of carbonyl (C=O) groups excluding carboxylic acids is 1. The molecule has 3 rings (SSSR count). The molecular weight excluding hydrogens is 264 g/mol. The molecule has 5 heteroatoms. The van der Waals surface area contributed by atoms with E-state index in [4.69, 9.17) is 4.74 Å². The van der Waals surface area contributed by atoms with E-state index in [-0.39, 0.29) is 23.7 Å². The normalized spacial score (nSPS) is 39.1. The predicted octanol–water partition coefficient (Wildman–Crippen LogP) is 1.48. The fourth-order valence-corrected chi connectivity index (χ4v) is 4.00. The van der Waals surface area contributed by atoms with Gasteiger partial charge >= 0.3 is 0 Å². The van der Waals surface area contributed by atoms with Crippen molar-refractivity contribution in [3.63, 3.8) is 0 Å². The molecule has 19 heavy (non-hydrogen) atoms. The molecule has 0 aromatic carbocycles. The van der Waals surface area contributed by atoms with E-state index in [1.807, 2.05) is 0 Å². The van der Waals surface area contributed by atoms with Crippen molar-refractivity contribution in [1.29, 1.82) is 0 Å². The number of ether oxygens (including phenoxy) is 1. The number of fused-ring (bicyclic) bond motifs is 1. The highest BCUT2D eigenvalue weighted by molar-refractivity contribution is 5.85. The lowest BCUT2D eigenvalue weighted by molar-refractivity contribution is -0.138. The quantitative estimate of drug-likeness (QED) is 0.827. The molecule has 4 nitrogen and oxygen atoms in total. The Bertz CT molecular complexity index is 342. The van der Waals surface area contributed by atoms with Crippen LogP contribution in [0.1, 0.15) is 39.5 Å². The molecule has 1 aliphatic carbocycles. The zero-order valence-electron chi connectivity index (χ0n) is 11.8. The van der Waals surface area contributed by atoms with E-state index in [1.54, 1.807) is 0 Å². The lowest BCUT2D eigenvalue weighted by Crippen LogP contribution is -2.66. The van der Waals surface area contributed by atoms with E-state index >= 15 is 0 Å². The Morgan fingerprint density at radius 2 is 2.21 bits per heavy atom. The minimum Gasteiger partial charge on any atom is -0.377 e. The number of nitrogens with one attached hydrogen (secondary N) is 2. The zero-order valence-corrected chi connectivity index (χ0v) is 12.6. The molecule has 4 unspecified atom stereocenters. The molecule has 3 aliphatic rings. The maximum absolute atomic E-state index is 12.1. The van der Waals surface area contributed by atoms with Gasteiger partial charge in [-0.2, -0.15) is 0 Å². The van der Waals surface area contributed by atoms with Gasteiger partial charge in [-0.15, -0.1) is 12.4 Å². The molecule has 4 atom stereocenters. The first kappa shape index (κ1) is 15.1. The fraction of sp³-hybridized carbons (Fsp3) is 0.929. The monoisotopic (exact) mass is 288 g/mol. The molecule has 1 amide bonds. The van der Waals surface area contributed by atoms with E-state index in [2.05, 4.69) is 24.5 Å². The van der Waals surface area contributed by atoms with Crippen molar-refractivity contribution in [2.75, 3.05) is 13.2 Å². The summed E-state index contributed by atoms with van der Waals surface area (Å²) < 4.78 is 5.75.